The minimum atomic E-state index is -1.05. The number of azo groups is 1. The van der Waals surface area contributed by atoms with Crippen LogP contribution >= 0.6 is 0 Å². The highest BCUT2D eigenvalue weighted by molar-refractivity contribution is 5.12. The third kappa shape index (κ3) is 4.50. The topological polar surface area (TPSA) is 90.8 Å². The number of hydrogen-bond donors (Lipinski definition) is 0. The first-order valence-electron chi connectivity index (χ1n) is 7.44. The minimum absolute atomic E-state index is 0.146. The maximum Gasteiger partial charge on any atom is 0.169 e. The van der Waals surface area contributed by atoms with Crippen LogP contribution in [0.4, 0.5) is 0 Å². The fraction of sp³-hybridized carbons (Fsp3) is 0.875. The lowest BCUT2D eigenvalue weighted by atomic mass is 9.84. The summed E-state index contributed by atoms with van der Waals surface area (Å²) >= 11 is 0. The molecule has 0 fully saturated rings. The van der Waals surface area contributed by atoms with E-state index in [-0.39, 0.29) is 24.0 Å². The van der Waals surface area contributed by atoms with E-state index in [4.69, 9.17) is 9.47 Å². The molecule has 0 N–H and O–H groups in total. The van der Waals surface area contributed by atoms with Gasteiger partial charge in [0.15, 0.2) is 11.1 Å². The summed E-state index contributed by atoms with van der Waals surface area (Å²) in [4.78, 5) is 0. The summed E-state index contributed by atoms with van der Waals surface area (Å²) in [5.41, 5.74) is -2.10. The van der Waals surface area contributed by atoms with E-state index in [2.05, 4.69) is 22.4 Å². The van der Waals surface area contributed by atoms with Crippen LogP contribution in [-0.2, 0) is 9.47 Å². The van der Waals surface area contributed by atoms with Gasteiger partial charge in [-0.2, -0.15) is 20.8 Å². The van der Waals surface area contributed by atoms with Gasteiger partial charge in [0.25, 0.3) is 0 Å². The Labute approximate surface area is 134 Å². The van der Waals surface area contributed by atoms with Crippen LogP contribution in [0.5, 0.6) is 0 Å². The van der Waals surface area contributed by atoms with Gasteiger partial charge in [-0.3, -0.25) is 0 Å². The van der Waals surface area contributed by atoms with Crippen molar-refractivity contribution in [2.45, 2.75) is 64.8 Å². The van der Waals surface area contributed by atoms with Crippen molar-refractivity contribution in [2.75, 3.05) is 14.2 Å². The maximum absolute atomic E-state index is 9.50. The summed E-state index contributed by atoms with van der Waals surface area (Å²) in [5, 5.41) is 27.5. The fourth-order valence-electron chi connectivity index (χ4n) is 1.96. The lowest BCUT2D eigenvalue weighted by Crippen LogP contribution is -2.40. The Bertz CT molecular complexity index is 426. The zero-order valence-electron chi connectivity index (χ0n) is 14.9. The molecule has 0 aliphatic carbocycles. The molecule has 6 nitrogen and oxygen atoms in total. The molecule has 0 spiro atoms. The van der Waals surface area contributed by atoms with Gasteiger partial charge in [0.2, 0.25) is 0 Å². The lowest BCUT2D eigenvalue weighted by Gasteiger charge is -2.31. The average molecular weight is 308 g/mol. The van der Waals surface area contributed by atoms with Crippen LogP contribution in [0.1, 0.15) is 41.5 Å². The zero-order valence-corrected chi connectivity index (χ0v) is 14.9. The summed E-state index contributed by atoms with van der Waals surface area (Å²) in [5.74, 6) is -0.325. The molecule has 0 heterocycles. The van der Waals surface area contributed by atoms with Gasteiger partial charge in [-0.15, -0.1) is 0 Å². The molecule has 0 aromatic rings. The summed E-state index contributed by atoms with van der Waals surface area (Å²) in [6.07, 6.45) is -0.292. The Morgan fingerprint density at radius 3 is 1.23 bits per heavy atom. The average Bonchev–Trinajstić information content (AvgIpc) is 2.56. The normalized spacial score (nSPS) is 22.6. The molecule has 22 heavy (non-hydrogen) atoms. The van der Waals surface area contributed by atoms with Crippen LogP contribution in [0, 0.1) is 34.5 Å². The van der Waals surface area contributed by atoms with Crippen molar-refractivity contribution < 1.29 is 9.47 Å². The molecule has 0 aromatic carbocycles. The third-order valence-corrected chi connectivity index (χ3v) is 4.84. The second kappa shape index (κ2) is 8.22. The molecular weight excluding hydrogens is 280 g/mol. The molecule has 0 saturated carbocycles. The molecule has 0 aromatic heterocycles. The van der Waals surface area contributed by atoms with Crippen LogP contribution in [-0.4, -0.2) is 37.5 Å². The molecule has 0 radical (unpaired) electrons. The molecule has 0 amide bonds. The molecule has 0 rings (SSSR count). The van der Waals surface area contributed by atoms with Gasteiger partial charge in [-0.05, 0) is 27.7 Å². The summed E-state index contributed by atoms with van der Waals surface area (Å²) in [6, 6.07) is 4.38. The minimum Gasteiger partial charge on any atom is -0.381 e. The van der Waals surface area contributed by atoms with E-state index in [0.717, 1.165) is 0 Å². The third-order valence-electron chi connectivity index (χ3n) is 4.84. The van der Waals surface area contributed by atoms with Crippen LogP contribution in [0.2, 0.25) is 0 Å². The first-order valence-corrected chi connectivity index (χ1v) is 7.44. The Balaban J connectivity index is 5.50. The molecule has 0 bridgehead atoms. The molecule has 124 valence electrons. The smallest absolute Gasteiger partial charge is 0.169 e. The van der Waals surface area contributed by atoms with Gasteiger partial charge in [-0.1, -0.05) is 13.8 Å². The molecule has 6 atom stereocenters. The monoisotopic (exact) mass is 308 g/mol. The Kier molecular flexibility index (Phi) is 7.66. The number of rotatable bonds is 8. The number of nitrogens with zero attached hydrogens (tertiary/aromatic N) is 4. The summed E-state index contributed by atoms with van der Waals surface area (Å²) < 4.78 is 10.6. The van der Waals surface area contributed by atoms with Crippen molar-refractivity contribution in [2.24, 2.45) is 22.1 Å². The molecule has 0 saturated heterocycles. The van der Waals surface area contributed by atoms with Crippen LogP contribution < -0.4 is 0 Å². The van der Waals surface area contributed by atoms with Crippen LogP contribution in [0.3, 0.4) is 0 Å². The molecular formula is C16H28N4O2. The number of nitriles is 2. The highest BCUT2D eigenvalue weighted by atomic mass is 16.5. The largest absolute Gasteiger partial charge is 0.381 e. The molecule has 0 aliphatic rings. The zero-order chi connectivity index (χ0) is 17.6. The second-order valence-corrected chi connectivity index (χ2v) is 6.18. The summed E-state index contributed by atoms with van der Waals surface area (Å²) in [6.45, 7) is 11.0. The fourth-order valence-corrected chi connectivity index (χ4v) is 1.96. The number of ether oxygens (including phenoxy) is 2. The van der Waals surface area contributed by atoms with E-state index < -0.39 is 11.1 Å². The van der Waals surface area contributed by atoms with E-state index in [9.17, 15) is 10.5 Å². The van der Waals surface area contributed by atoms with Crippen LogP contribution in [0.15, 0.2) is 10.2 Å². The van der Waals surface area contributed by atoms with E-state index in [1.165, 1.54) is 0 Å². The lowest BCUT2D eigenvalue weighted by molar-refractivity contribution is 0.0462. The molecule has 0 aliphatic heterocycles. The predicted octanol–water partition coefficient (Wildman–Crippen LogP) is 3.35. The van der Waals surface area contributed by atoms with Gasteiger partial charge < -0.3 is 9.47 Å². The molecule has 6 heteroatoms. The van der Waals surface area contributed by atoms with Crippen molar-refractivity contribution in [3.63, 3.8) is 0 Å². The standard InChI is InChI=1S/C16H28N4O2/c1-11(13(3)21-7)15(5,9-17)19-20-16(6,10-18)12(2)14(4)22-8/h11-14H,1-8H3/b20-19+. The number of methoxy groups -OCH3 is 2. The Morgan fingerprint density at radius 2 is 1.05 bits per heavy atom. The van der Waals surface area contributed by atoms with E-state index in [1.807, 2.05) is 27.7 Å². The maximum atomic E-state index is 9.50. The van der Waals surface area contributed by atoms with Gasteiger partial charge in [0.05, 0.1) is 24.3 Å². The SMILES string of the molecule is COC(C)C(C)C(C)(C#N)/N=N/C(C)(C#N)C(C)C(C)OC. The van der Waals surface area contributed by atoms with Crippen molar-refractivity contribution in [1.29, 1.82) is 10.5 Å². The predicted molar refractivity (Wildman–Crippen MR) is 84.2 cm³/mol. The van der Waals surface area contributed by atoms with Gasteiger partial charge in [0, 0.05) is 26.1 Å². The molecule has 6 unspecified atom stereocenters. The van der Waals surface area contributed by atoms with E-state index in [1.54, 1.807) is 28.1 Å². The second-order valence-electron chi connectivity index (χ2n) is 6.18. The van der Waals surface area contributed by atoms with Crippen molar-refractivity contribution in [1.82, 2.24) is 0 Å². The van der Waals surface area contributed by atoms with Gasteiger partial charge in [-0.25, -0.2) is 0 Å². The van der Waals surface area contributed by atoms with Crippen molar-refractivity contribution in [3.05, 3.63) is 0 Å². The Hall–Kier alpha value is -1.50. The number of hydrogen-bond acceptors (Lipinski definition) is 6. The quantitative estimate of drug-likeness (QED) is 0.643. The van der Waals surface area contributed by atoms with E-state index >= 15 is 0 Å². The highest BCUT2D eigenvalue weighted by Gasteiger charge is 2.39. The van der Waals surface area contributed by atoms with Crippen molar-refractivity contribution in [3.8, 4) is 12.1 Å². The van der Waals surface area contributed by atoms with Gasteiger partial charge in [0.1, 0.15) is 0 Å². The highest BCUT2D eigenvalue weighted by Crippen LogP contribution is 2.31. The van der Waals surface area contributed by atoms with E-state index in [0.29, 0.717) is 0 Å². The summed E-state index contributed by atoms with van der Waals surface area (Å²) in [7, 11) is 3.19. The Morgan fingerprint density at radius 1 is 0.773 bits per heavy atom. The first kappa shape index (κ1) is 20.5. The van der Waals surface area contributed by atoms with Crippen molar-refractivity contribution >= 4 is 0 Å². The first-order chi connectivity index (χ1) is 10.1. The van der Waals surface area contributed by atoms with Crippen LogP contribution in [0.25, 0.3) is 0 Å². The van der Waals surface area contributed by atoms with Gasteiger partial charge >= 0.3 is 0 Å².